The number of hydrogen-bond donors (Lipinski definition) is 1. The third-order valence-electron chi connectivity index (χ3n) is 3.33. The second-order valence-electron chi connectivity index (χ2n) is 5.34. The largest absolute Gasteiger partial charge is 0.491 e. The third kappa shape index (κ3) is 5.69. The number of thiophene rings is 1. The third-order valence-corrected chi connectivity index (χ3v) is 4.54. The van der Waals surface area contributed by atoms with Crippen LogP contribution in [-0.2, 0) is 6.54 Å². The molecule has 0 bridgehead atoms. The Morgan fingerprint density at radius 2 is 2.04 bits per heavy atom. The van der Waals surface area contributed by atoms with Gasteiger partial charge >= 0.3 is 6.03 Å². The van der Waals surface area contributed by atoms with Crippen LogP contribution in [0.4, 0.5) is 9.18 Å². The van der Waals surface area contributed by atoms with E-state index >= 15 is 0 Å². The van der Waals surface area contributed by atoms with Gasteiger partial charge in [-0.3, -0.25) is 0 Å². The predicted molar refractivity (Wildman–Crippen MR) is 95.3 cm³/mol. The van der Waals surface area contributed by atoms with Gasteiger partial charge in [0.05, 0.1) is 16.9 Å². The van der Waals surface area contributed by atoms with E-state index in [0.717, 1.165) is 4.88 Å². The van der Waals surface area contributed by atoms with Crippen LogP contribution in [0.15, 0.2) is 36.4 Å². The second kappa shape index (κ2) is 8.89. The Labute approximate surface area is 150 Å². The van der Waals surface area contributed by atoms with Gasteiger partial charge in [0.15, 0.2) is 0 Å². The number of hydrogen-bond acceptors (Lipinski definition) is 3. The Hall–Kier alpha value is -1.79. The highest BCUT2D eigenvalue weighted by Gasteiger charge is 2.16. The van der Waals surface area contributed by atoms with Gasteiger partial charge in [-0.05, 0) is 50.2 Å². The second-order valence-corrected chi connectivity index (χ2v) is 7.14. The summed E-state index contributed by atoms with van der Waals surface area (Å²) >= 11 is 7.38. The Morgan fingerprint density at radius 3 is 2.62 bits per heavy atom. The van der Waals surface area contributed by atoms with Gasteiger partial charge < -0.3 is 15.0 Å². The van der Waals surface area contributed by atoms with Crippen molar-refractivity contribution in [2.45, 2.75) is 26.4 Å². The van der Waals surface area contributed by atoms with Crippen molar-refractivity contribution in [3.05, 3.63) is 51.4 Å². The SMILES string of the molecule is CCN(Cc1ccc(Cl)s1)C(=O)NC(C)COc1ccc(F)cc1. The van der Waals surface area contributed by atoms with Gasteiger partial charge in [-0.2, -0.15) is 0 Å². The van der Waals surface area contributed by atoms with Gasteiger partial charge in [0, 0.05) is 11.4 Å². The molecule has 1 aromatic heterocycles. The van der Waals surface area contributed by atoms with Crippen LogP contribution in [0.25, 0.3) is 0 Å². The molecule has 2 rings (SSSR count). The number of amides is 2. The average molecular weight is 371 g/mol. The van der Waals surface area contributed by atoms with Gasteiger partial charge in [0.2, 0.25) is 0 Å². The first kappa shape index (κ1) is 18.5. The van der Waals surface area contributed by atoms with E-state index in [1.807, 2.05) is 26.0 Å². The summed E-state index contributed by atoms with van der Waals surface area (Å²) in [5.41, 5.74) is 0. The summed E-state index contributed by atoms with van der Waals surface area (Å²) in [5, 5.41) is 2.90. The van der Waals surface area contributed by atoms with Crippen molar-refractivity contribution in [2.75, 3.05) is 13.2 Å². The van der Waals surface area contributed by atoms with E-state index in [0.29, 0.717) is 29.8 Å². The van der Waals surface area contributed by atoms with Crippen LogP contribution in [0.5, 0.6) is 5.75 Å². The molecule has 130 valence electrons. The maximum atomic E-state index is 12.8. The summed E-state index contributed by atoms with van der Waals surface area (Å²) in [5.74, 6) is 0.258. The van der Waals surface area contributed by atoms with Crippen molar-refractivity contribution < 1.29 is 13.9 Å². The summed E-state index contributed by atoms with van der Waals surface area (Å²) in [6, 6.07) is 9.20. The average Bonchev–Trinajstić information content (AvgIpc) is 2.97. The molecule has 2 amide bonds. The zero-order valence-electron chi connectivity index (χ0n) is 13.6. The topological polar surface area (TPSA) is 41.6 Å². The minimum Gasteiger partial charge on any atom is -0.491 e. The molecular formula is C17H20ClFN2O2S. The first-order valence-electron chi connectivity index (χ1n) is 7.66. The number of benzene rings is 1. The van der Waals surface area contributed by atoms with Gasteiger partial charge in [0.25, 0.3) is 0 Å². The van der Waals surface area contributed by atoms with Crippen LogP contribution in [-0.4, -0.2) is 30.1 Å². The quantitative estimate of drug-likeness (QED) is 0.777. The van der Waals surface area contributed by atoms with Crippen LogP contribution in [0.2, 0.25) is 4.34 Å². The minimum atomic E-state index is -0.309. The van der Waals surface area contributed by atoms with E-state index in [-0.39, 0.29) is 17.9 Å². The van der Waals surface area contributed by atoms with E-state index < -0.39 is 0 Å². The van der Waals surface area contributed by atoms with Crippen LogP contribution >= 0.6 is 22.9 Å². The lowest BCUT2D eigenvalue weighted by Gasteiger charge is -2.23. The van der Waals surface area contributed by atoms with Gasteiger partial charge in [-0.15, -0.1) is 11.3 Å². The molecule has 1 N–H and O–H groups in total. The summed E-state index contributed by atoms with van der Waals surface area (Å²) in [6.07, 6.45) is 0. The summed E-state index contributed by atoms with van der Waals surface area (Å²) < 4.78 is 19.1. The molecule has 7 heteroatoms. The van der Waals surface area contributed by atoms with Gasteiger partial charge in [-0.1, -0.05) is 11.6 Å². The summed E-state index contributed by atoms with van der Waals surface area (Å²) in [6.45, 7) is 5.20. The van der Waals surface area contributed by atoms with E-state index in [4.69, 9.17) is 16.3 Å². The normalized spacial score (nSPS) is 11.8. The number of carbonyl (C=O) groups excluding carboxylic acids is 1. The standard InChI is InChI=1S/C17H20ClFN2O2S/c1-3-21(10-15-8-9-16(18)24-15)17(22)20-12(2)11-23-14-6-4-13(19)5-7-14/h4-9,12H,3,10-11H2,1-2H3,(H,20,22). The minimum absolute atomic E-state index is 0.155. The first-order valence-corrected chi connectivity index (χ1v) is 8.85. The molecule has 0 radical (unpaired) electrons. The van der Waals surface area contributed by atoms with E-state index in [1.54, 1.807) is 17.0 Å². The van der Waals surface area contributed by atoms with Crippen LogP contribution in [0.3, 0.4) is 0 Å². The van der Waals surface area contributed by atoms with E-state index in [2.05, 4.69) is 5.32 Å². The van der Waals surface area contributed by atoms with Crippen molar-refractivity contribution >= 4 is 29.0 Å². The molecule has 0 aliphatic rings. The maximum Gasteiger partial charge on any atom is 0.318 e. The molecular weight excluding hydrogens is 351 g/mol. The number of urea groups is 1. The van der Waals surface area contributed by atoms with Crippen LogP contribution in [0, 0.1) is 5.82 Å². The Balaban J connectivity index is 1.81. The molecule has 1 atom stereocenters. The van der Waals surface area contributed by atoms with Gasteiger partial charge in [0.1, 0.15) is 18.2 Å². The van der Waals surface area contributed by atoms with Crippen molar-refractivity contribution in [3.8, 4) is 5.75 Å². The molecule has 24 heavy (non-hydrogen) atoms. The lowest BCUT2D eigenvalue weighted by atomic mass is 10.3. The number of ether oxygens (including phenoxy) is 1. The highest BCUT2D eigenvalue weighted by atomic mass is 35.5. The molecule has 1 unspecified atom stereocenters. The highest BCUT2D eigenvalue weighted by molar-refractivity contribution is 7.16. The number of rotatable bonds is 7. The summed E-state index contributed by atoms with van der Waals surface area (Å²) in [7, 11) is 0. The molecule has 0 aliphatic carbocycles. The zero-order chi connectivity index (χ0) is 17.5. The predicted octanol–water partition coefficient (Wildman–Crippen LogP) is 4.54. The smallest absolute Gasteiger partial charge is 0.318 e. The fourth-order valence-corrected chi connectivity index (χ4v) is 3.15. The van der Waals surface area contributed by atoms with Gasteiger partial charge in [-0.25, -0.2) is 9.18 Å². The fourth-order valence-electron chi connectivity index (χ4n) is 2.05. The Kier molecular flexibility index (Phi) is 6.87. The fraction of sp³-hybridized carbons (Fsp3) is 0.353. The molecule has 1 aromatic carbocycles. The lowest BCUT2D eigenvalue weighted by molar-refractivity contribution is 0.188. The highest BCUT2D eigenvalue weighted by Crippen LogP contribution is 2.22. The molecule has 0 spiro atoms. The zero-order valence-corrected chi connectivity index (χ0v) is 15.2. The Morgan fingerprint density at radius 1 is 1.33 bits per heavy atom. The van der Waals surface area contributed by atoms with E-state index in [9.17, 15) is 9.18 Å². The monoisotopic (exact) mass is 370 g/mol. The van der Waals surface area contributed by atoms with E-state index in [1.165, 1.54) is 23.5 Å². The molecule has 4 nitrogen and oxygen atoms in total. The lowest BCUT2D eigenvalue weighted by Crippen LogP contribution is -2.45. The summed E-state index contributed by atoms with van der Waals surface area (Å²) in [4.78, 5) is 15.1. The number of nitrogens with zero attached hydrogens (tertiary/aromatic N) is 1. The number of nitrogens with one attached hydrogen (secondary N) is 1. The number of carbonyl (C=O) groups is 1. The maximum absolute atomic E-state index is 12.8. The van der Waals surface area contributed by atoms with Crippen molar-refractivity contribution in [1.29, 1.82) is 0 Å². The first-order chi connectivity index (χ1) is 11.5. The van der Waals surface area contributed by atoms with Crippen LogP contribution in [0.1, 0.15) is 18.7 Å². The van der Waals surface area contributed by atoms with Crippen molar-refractivity contribution in [3.63, 3.8) is 0 Å². The van der Waals surface area contributed by atoms with Crippen LogP contribution < -0.4 is 10.1 Å². The van der Waals surface area contributed by atoms with Crippen molar-refractivity contribution in [1.82, 2.24) is 10.2 Å². The molecule has 1 heterocycles. The Bertz CT molecular complexity index is 663. The molecule has 0 saturated carbocycles. The van der Waals surface area contributed by atoms with Crippen molar-refractivity contribution in [2.24, 2.45) is 0 Å². The number of halogens is 2. The molecule has 0 fully saturated rings. The molecule has 0 aliphatic heterocycles. The molecule has 2 aromatic rings. The molecule has 0 saturated heterocycles.